The number of H-pyrrole nitrogens is 1. The predicted molar refractivity (Wildman–Crippen MR) is 99.0 cm³/mol. The highest BCUT2D eigenvalue weighted by Crippen LogP contribution is 2.26. The zero-order chi connectivity index (χ0) is 19.7. The Morgan fingerprint density at radius 3 is 2.63 bits per heavy atom. The van der Waals surface area contributed by atoms with Gasteiger partial charge in [-0.1, -0.05) is 0 Å². The van der Waals surface area contributed by atoms with E-state index in [-0.39, 0.29) is 31.1 Å². The maximum Gasteiger partial charge on any atom is 0.349 e. The van der Waals surface area contributed by atoms with Crippen LogP contribution in [-0.4, -0.2) is 60.7 Å². The zero-order valence-electron chi connectivity index (χ0n) is 14.9. The number of aliphatic hydroxyl groups is 3. The normalized spacial score (nSPS) is 13.8. The molecule has 10 nitrogen and oxygen atoms in total. The lowest BCUT2D eigenvalue weighted by Gasteiger charge is -2.23. The van der Waals surface area contributed by atoms with Crippen LogP contribution in [0.3, 0.4) is 0 Å². The van der Waals surface area contributed by atoms with Crippen LogP contribution in [0.1, 0.15) is 12.0 Å². The smallest absolute Gasteiger partial charge is 0.349 e. The molecule has 27 heavy (non-hydrogen) atoms. The summed E-state index contributed by atoms with van der Waals surface area (Å²) in [7, 11) is 1.76. The Kier molecular flexibility index (Phi) is 5.22. The Bertz CT molecular complexity index is 1060. The van der Waals surface area contributed by atoms with E-state index in [2.05, 4.69) is 20.3 Å². The van der Waals surface area contributed by atoms with Gasteiger partial charge in [-0.25, -0.2) is 9.78 Å². The highest BCUT2D eigenvalue weighted by Gasteiger charge is 2.23. The van der Waals surface area contributed by atoms with Crippen LogP contribution in [0, 0.1) is 6.92 Å². The van der Waals surface area contributed by atoms with Crippen LogP contribution in [0.2, 0.25) is 0 Å². The van der Waals surface area contributed by atoms with Crippen LogP contribution in [-0.2, 0) is 6.54 Å². The number of fused-ring (bicyclic) bond motifs is 2. The van der Waals surface area contributed by atoms with E-state index in [9.17, 15) is 19.8 Å². The van der Waals surface area contributed by atoms with Crippen molar-refractivity contribution in [2.45, 2.75) is 32.1 Å². The van der Waals surface area contributed by atoms with Gasteiger partial charge in [0.05, 0.1) is 29.8 Å². The first kappa shape index (κ1) is 19.0. The summed E-state index contributed by atoms with van der Waals surface area (Å²) in [4.78, 5) is 34.2. The zero-order valence-corrected chi connectivity index (χ0v) is 14.9. The number of aromatic nitrogens is 4. The molecule has 1 aromatic rings. The second-order valence-corrected chi connectivity index (χ2v) is 6.32. The minimum Gasteiger partial charge on any atom is -0.396 e. The second-order valence-electron chi connectivity index (χ2n) is 6.32. The molecule has 0 saturated heterocycles. The molecule has 10 heteroatoms. The first-order valence-corrected chi connectivity index (χ1v) is 8.45. The van der Waals surface area contributed by atoms with E-state index < -0.39 is 23.5 Å². The van der Waals surface area contributed by atoms with Crippen molar-refractivity contribution in [2.24, 2.45) is 0 Å². The van der Waals surface area contributed by atoms with E-state index in [0.717, 1.165) is 11.3 Å². The van der Waals surface area contributed by atoms with Gasteiger partial charge in [0, 0.05) is 19.3 Å². The molecular weight excluding hydrogens is 354 g/mol. The summed E-state index contributed by atoms with van der Waals surface area (Å²) in [5, 5.41) is 32.3. The van der Waals surface area contributed by atoms with Crippen LogP contribution in [0.5, 0.6) is 0 Å². The Balaban J connectivity index is 2.31. The number of rotatable bonds is 6. The molecule has 2 unspecified atom stereocenters. The molecule has 0 spiro atoms. The van der Waals surface area contributed by atoms with Crippen LogP contribution < -0.4 is 16.6 Å². The summed E-state index contributed by atoms with van der Waals surface area (Å²) < 4.78 is 1.49. The lowest BCUT2D eigenvalue weighted by atomic mass is 10.1. The van der Waals surface area contributed by atoms with Gasteiger partial charge in [0.15, 0.2) is 11.5 Å². The molecule has 0 aromatic heterocycles. The second kappa shape index (κ2) is 7.43. The monoisotopic (exact) mass is 375 g/mol. The molecule has 3 rings (SSSR count). The number of benzene rings is 1. The largest absolute Gasteiger partial charge is 0.396 e. The van der Waals surface area contributed by atoms with E-state index in [1.165, 1.54) is 4.57 Å². The number of hydrogen-bond donors (Lipinski definition) is 5. The molecule has 0 fully saturated rings. The molecule has 0 amide bonds. The fourth-order valence-electron chi connectivity index (χ4n) is 3.03. The van der Waals surface area contributed by atoms with Gasteiger partial charge in [-0.3, -0.25) is 9.78 Å². The van der Waals surface area contributed by atoms with Gasteiger partial charge in [-0.15, -0.1) is 0 Å². The molecule has 1 aromatic carbocycles. The quantitative estimate of drug-likeness (QED) is 0.345. The topological polar surface area (TPSA) is 153 Å². The van der Waals surface area contributed by atoms with Crippen molar-refractivity contribution in [3.05, 3.63) is 38.5 Å². The van der Waals surface area contributed by atoms with E-state index in [0.29, 0.717) is 11.0 Å². The Morgan fingerprint density at radius 1 is 1.22 bits per heavy atom. The third kappa shape index (κ3) is 3.54. The van der Waals surface area contributed by atoms with Gasteiger partial charge >= 0.3 is 5.69 Å². The number of hydrogen-bond acceptors (Lipinski definition) is 8. The summed E-state index contributed by atoms with van der Waals surface area (Å²) in [5.41, 5.74) is 1.17. The SMILES string of the molecule is CNc1cc2c(cc1C)nc1c(=O)[nH]c(=O)nc-1n2CC(O)C(O)CCO. The van der Waals surface area contributed by atoms with Gasteiger partial charge in [0.2, 0.25) is 0 Å². The van der Waals surface area contributed by atoms with Crippen molar-refractivity contribution in [2.75, 3.05) is 19.0 Å². The summed E-state index contributed by atoms with van der Waals surface area (Å²) in [6.45, 7) is 1.45. The van der Waals surface area contributed by atoms with Crippen molar-refractivity contribution in [1.82, 2.24) is 19.5 Å². The summed E-state index contributed by atoms with van der Waals surface area (Å²) >= 11 is 0. The predicted octanol–water partition coefficient (Wildman–Crippen LogP) is -0.961. The van der Waals surface area contributed by atoms with Crippen LogP contribution in [0.25, 0.3) is 22.6 Å². The van der Waals surface area contributed by atoms with Gasteiger partial charge in [-0.05, 0) is 31.0 Å². The highest BCUT2D eigenvalue weighted by atomic mass is 16.3. The fourth-order valence-corrected chi connectivity index (χ4v) is 3.03. The number of nitrogens with zero attached hydrogens (tertiary/aromatic N) is 3. The third-order valence-corrected chi connectivity index (χ3v) is 4.46. The molecular formula is C17H21N5O5. The molecule has 2 atom stereocenters. The minimum absolute atomic E-state index is 0.00956. The molecule has 0 bridgehead atoms. The molecule has 0 radical (unpaired) electrons. The standard InChI is InChI=1S/C17H21N5O5/c1-8-5-10-11(6-9(8)18-2)22(7-13(25)12(24)3-4-23)15-14(19-10)16(26)21-17(27)20-15/h5-6,12-13,18,23-25H,3-4,7H2,1-2H3,(H,21,26,27). The van der Waals surface area contributed by atoms with Crippen LogP contribution in [0.15, 0.2) is 21.7 Å². The maximum absolute atomic E-state index is 12.2. The van der Waals surface area contributed by atoms with Gasteiger partial charge in [0.25, 0.3) is 5.56 Å². The molecule has 0 saturated carbocycles. The first-order chi connectivity index (χ1) is 12.8. The Morgan fingerprint density at radius 2 is 1.96 bits per heavy atom. The van der Waals surface area contributed by atoms with E-state index >= 15 is 0 Å². The van der Waals surface area contributed by atoms with E-state index in [1.54, 1.807) is 19.2 Å². The number of aliphatic hydroxyl groups excluding tert-OH is 3. The number of aryl methyl sites for hydroxylation is 1. The Labute approximate surface area is 153 Å². The molecule has 2 aliphatic rings. The van der Waals surface area contributed by atoms with Gasteiger partial charge in [-0.2, -0.15) is 4.98 Å². The lowest BCUT2D eigenvalue weighted by Crippen LogP contribution is -2.34. The van der Waals surface area contributed by atoms with Crippen LogP contribution in [0.4, 0.5) is 5.69 Å². The highest BCUT2D eigenvalue weighted by molar-refractivity contribution is 5.84. The summed E-state index contributed by atoms with van der Waals surface area (Å²) in [6.07, 6.45) is -2.43. The number of aromatic amines is 1. The van der Waals surface area contributed by atoms with Crippen molar-refractivity contribution in [3.8, 4) is 11.5 Å². The third-order valence-electron chi connectivity index (χ3n) is 4.46. The summed E-state index contributed by atoms with van der Waals surface area (Å²) in [6, 6.07) is 3.55. The minimum atomic E-state index is -1.24. The molecule has 0 aliphatic carbocycles. The lowest BCUT2D eigenvalue weighted by molar-refractivity contribution is -0.00282. The average Bonchev–Trinajstić information content (AvgIpc) is 2.62. The Hall–Kier alpha value is -2.82. The molecule has 5 N–H and O–H groups in total. The first-order valence-electron chi connectivity index (χ1n) is 8.45. The fraction of sp³-hybridized carbons (Fsp3) is 0.412. The van der Waals surface area contributed by atoms with Gasteiger partial charge < -0.3 is 25.2 Å². The van der Waals surface area contributed by atoms with Gasteiger partial charge in [0.1, 0.15) is 0 Å². The summed E-state index contributed by atoms with van der Waals surface area (Å²) in [5.74, 6) is 0.0115. The van der Waals surface area contributed by atoms with Crippen molar-refractivity contribution in [3.63, 3.8) is 0 Å². The van der Waals surface area contributed by atoms with Crippen molar-refractivity contribution < 1.29 is 15.3 Å². The molecule has 144 valence electrons. The number of nitrogens with one attached hydrogen (secondary N) is 2. The van der Waals surface area contributed by atoms with E-state index in [4.69, 9.17) is 5.11 Å². The maximum atomic E-state index is 12.2. The van der Waals surface area contributed by atoms with E-state index in [1.807, 2.05) is 6.92 Å². The van der Waals surface area contributed by atoms with Crippen molar-refractivity contribution >= 4 is 16.7 Å². The average molecular weight is 375 g/mol. The van der Waals surface area contributed by atoms with Crippen LogP contribution >= 0.6 is 0 Å². The number of anilines is 1. The molecule has 2 aliphatic heterocycles. The van der Waals surface area contributed by atoms with Crippen molar-refractivity contribution in [1.29, 1.82) is 0 Å². The molecule has 2 heterocycles.